The molecule has 3 rings (SSSR count). The molecular formula is C17H20Cl2NSiTi. The summed E-state index contributed by atoms with van der Waals surface area (Å²) in [6, 6.07) is 13.2. The number of aromatic amines is 1. The maximum Gasteiger partial charge on any atom is 4.00 e. The predicted molar refractivity (Wildman–Crippen MR) is 85.8 cm³/mol. The number of rotatable bonds is 1. The van der Waals surface area contributed by atoms with Crippen molar-refractivity contribution in [3.63, 3.8) is 0 Å². The minimum absolute atomic E-state index is 0. The Morgan fingerprint density at radius 2 is 1.73 bits per heavy atom. The van der Waals surface area contributed by atoms with Crippen LogP contribution in [0.25, 0.3) is 10.8 Å². The zero-order chi connectivity index (χ0) is 13.8. The third kappa shape index (κ3) is 6.39. The van der Waals surface area contributed by atoms with Crippen LogP contribution in [-0.4, -0.2) is 13.8 Å². The molecule has 0 aliphatic rings. The second-order valence-corrected chi connectivity index (χ2v) is 7.67. The van der Waals surface area contributed by atoms with E-state index in [1.165, 1.54) is 21.9 Å². The molecule has 0 fully saturated rings. The van der Waals surface area contributed by atoms with Gasteiger partial charge >= 0.3 is 21.7 Å². The summed E-state index contributed by atoms with van der Waals surface area (Å²) < 4.78 is 0. The Balaban J connectivity index is 0. The van der Waals surface area contributed by atoms with Crippen molar-refractivity contribution in [3.8, 4) is 0 Å². The Bertz CT molecular complexity index is 612. The molecule has 0 saturated carbocycles. The second-order valence-electron chi connectivity index (χ2n) is 5.09. The number of nitrogens with one attached hydrogen (secondary N) is 1. The van der Waals surface area contributed by atoms with Crippen LogP contribution in [0, 0.1) is 20.0 Å². The van der Waals surface area contributed by atoms with Crippen molar-refractivity contribution in [2.45, 2.75) is 26.9 Å². The van der Waals surface area contributed by atoms with Gasteiger partial charge in [-0.3, -0.25) is 0 Å². The van der Waals surface area contributed by atoms with E-state index in [0.29, 0.717) is 0 Å². The first kappa shape index (κ1) is 23.9. The molecular weight excluding hydrogens is 365 g/mol. The zero-order valence-corrected chi connectivity index (χ0v) is 17.4. The molecule has 0 spiro atoms. The quantitative estimate of drug-likeness (QED) is 0.367. The topological polar surface area (TPSA) is 15.8 Å². The van der Waals surface area contributed by atoms with E-state index in [1.807, 2.05) is 13.1 Å². The number of hydrogen-bond donors (Lipinski definition) is 1. The van der Waals surface area contributed by atoms with E-state index in [2.05, 4.69) is 67.6 Å². The summed E-state index contributed by atoms with van der Waals surface area (Å²) in [5, 5.41) is 4.32. The maximum absolute atomic E-state index is 2.94. The van der Waals surface area contributed by atoms with Gasteiger partial charge in [-0.1, -0.05) is 33.0 Å². The van der Waals surface area contributed by atoms with Crippen molar-refractivity contribution in [2.75, 3.05) is 0 Å². The predicted octanol–water partition coefficient (Wildman–Crippen LogP) is -2.04. The first-order chi connectivity index (χ1) is 9.08. The van der Waals surface area contributed by atoms with Crippen molar-refractivity contribution in [3.05, 3.63) is 59.9 Å². The van der Waals surface area contributed by atoms with Gasteiger partial charge in [0.25, 0.3) is 0 Å². The minimum Gasteiger partial charge on any atom is -1.00 e. The van der Waals surface area contributed by atoms with Gasteiger partial charge in [-0.05, 0) is 0 Å². The fraction of sp³-hybridized carbons (Fsp3) is 0.235. The number of aromatic nitrogens is 1. The molecule has 0 saturated heterocycles. The molecule has 22 heavy (non-hydrogen) atoms. The molecule has 115 valence electrons. The number of halogens is 2. The molecule has 1 heterocycles. The van der Waals surface area contributed by atoms with E-state index < -0.39 is 0 Å². The summed E-state index contributed by atoms with van der Waals surface area (Å²) in [7, 11) is -0.273. The molecule has 0 aliphatic heterocycles. The Morgan fingerprint density at radius 1 is 1.09 bits per heavy atom. The summed E-state index contributed by atoms with van der Waals surface area (Å²) >= 11 is 0. The van der Waals surface area contributed by atoms with Crippen LogP contribution >= 0.6 is 0 Å². The smallest absolute Gasteiger partial charge is 1.00 e. The van der Waals surface area contributed by atoms with Gasteiger partial charge in [0.15, 0.2) is 0 Å². The summed E-state index contributed by atoms with van der Waals surface area (Å²) in [4.78, 5) is 2.87. The number of H-pyrrole nitrogens is 1. The van der Waals surface area contributed by atoms with Crippen LogP contribution in [0.3, 0.4) is 0 Å². The Hall–Kier alpha value is -0.379. The Labute approximate surface area is 162 Å². The Morgan fingerprint density at radius 3 is 2.14 bits per heavy atom. The van der Waals surface area contributed by atoms with Gasteiger partial charge in [-0.15, -0.1) is 42.0 Å². The standard InChI is InChI=1S/C11H12Si.C6H8N.2ClH.Ti/c1-12(2)11-7-9-5-3-4-6-10(9)8-11;1-5-3-7-4-6(5)2;;;/h3-8H,1-2H3;3,7H,1-2H3;2*1H;/q2*-1;;;+4/p-2. The first-order valence-corrected chi connectivity index (χ1v) is 9.06. The van der Waals surface area contributed by atoms with E-state index >= 15 is 0 Å². The summed E-state index contributed by atoms with van der Waals surface area (Å²) in [6.45, 7) is 8.76. The normalized spacial score (nSPS) is 9.14. The van der Waals surface area contributed by atoms with Crippen LogP contribution < -0.4 is 30.0 Å². The van der Waals surface area contributed by atoms with Crippen LogP contribution in [0.15, 0.2) is 42.6 Å². The fourth-order valence-electron chi connectivity index (χ4n) is 1.90. The molecule has 1 aromatic heterocycles. The summed E-state index contributed by atoms with van der Waals surface area (Å²) in [6.07, 6.45) is 4.88. The molecule has 1 radical (unpaired) electrons. The zero-order valence-electron chi connectivity index (χ0n) is 13.3. The molecule has 0 bridgehead atoms. The monoisotopic (exact) mass is 384 g/mol. The van der Waals surface area contributed by atoms with E-state index in [0.717, 1.165) is 0 Å². The van der Waals surface area contributed by atoms with Gasteiger partial charge in [-0.2, -0.15) is 27.8 Å². The number of benzene rings is 1. The second kappa shape index (κ2) is 11.2. The van der Waals surface area contributed by atoms with Gasteiger partial charge in [0.05, 0.1) is 8.80 Å². The molecule has 0 aliphatic carbocycles. The minimum atomic E-state index is -0.273. The van der Waals surface area contributed by atoms with Crippen LogP contribution in [-0.2, 0) is 21.7 Å². The third-order valence-electron chi connectivity index (χ3n) is 3.34. The van der Waals surface area contributed by atoms with Gasteiger partial charge in [0, 0.05) is 0 Å². The molecule has 0 unspecified atom stereocenters. The van der Waals surface area contributed by atoms with Crippen molar-refractivity contribution < 1.29 is 46.5 Å². The van der Waals surface area contributed by atoms with Gasteiger partial charge in [0.1, 0.15) is 0 Å². The number of aryl methyl sites for hydroxylation is 2. The van der Waals surface area contributed by atoms with Crippen molar-refractivity contribution >= 4 is 24.8 Å². The molecule has 2 aromatic carbocycles. The van der Waals surface area contributed by atoms with Crippen LogP contribution in [0.1, 0.15) is 11.1 Å². The largest absolute Gasteiger partial charge is 4.00 e. The van der Waals surface area contributed by atoms with Crippen LogP contribution in [0.2, 0.25) is 13.1 Å². The fourth-order valence-corrected chi connectivity index (χ4v) is 2.79. The molecule has 0 amide bonds. The van der Waals surface area contributed by atoms with Crippen molar-refractivity contribution in [2.24, 2.45) is 0 Å². The van der Waals surface area contributed by atoms with Crippen molar-refractivity contribution in [1.82, 2.24) is 4.98 Å². The molecule has 3 aromatic rings. The molecule has 0 atom stereocenters. The molecule has 1 nitrogen and oxygen atoms in total. The number of fused-ring (bicyclic) bond motifs is 1. The van der Waals surface area contributed by atoms with E-state index in [1.54, 1.807) is 5.19 Å². The number of hydrogen-bond acceptors (Lipinski definition) is 0. The van der Waals surface area contributed by atoms with Gasteiger partial charge in [0.2, 0.25) is 0 Å². The average Bonchev–Trinajstić information content (AvgIpc) is 2.97. The van der Waals surface area contributed by atoms with Crippen LogP contribution in [0.5, 0.6) is 0 Å². The molecule has 1 N–H and O–H groups in total. The SMILES string of the molecule is C[Si](C)c1cc2ccccc2[cH-]1.Cc1[c-][nH]cc1C.[Cl-].[Cl-].[Ti+4]. The third-order valence-corrected chi connectivity index (χ3v) is 4.78. The summed E-state index contributed by atoms with van der Waals surface area (Å²) in [5.41, 5.74) is 2.49. The van der Waals surface area contributed by atoms with E-state index in [9.17, 15) is 0 Å². The average molecular weight is 385 g/mol. The molecule has 5 heteroatoms. The van der Waals surface area contributed by atoms with E-state index in [-0.39, 0.29) is 55.3 Å². The first-order valence-electron chi connectivity index (χ1n) is 6.56. The van der Waals surface area contributed by atoms with Gasteiger partial charge < -0.3 is 29.8 Å². The maximum atomic E-state index is 2.94. The summed E-state index contributed by atoms with van der Waals surface area (Å²) in [5.74, 6) is 0. The van der Waals surface area contributed by atoms with Gasteiger partial charge in [-0.25, -0.2) is 0 Å². The van der Waals surface area contributed by atoms with Crippen LogP contribution in [0.4, 0.5) is 0 Å². The van der Waals surface area contributed by atoms with E-state index in [4.69, 9.17) is 0 Å². The van der Waals surface area contributed by atoms with Crippen molar-refractivity contribution in [1.29, 1.82) is 0 Å². The Kier molecular flexibility index (Phi) is 12.2.